The van der Waals surface area contributed by atoms with Crippen molar-refractivity contribution in [2.75, 3.05) is 42.3 Å². The third-order valence-corrected chi connectivity index (χ3v) is 6.09. The Morgan fingerprint density at radius 3 is 2.64 bits per heavy atom. The number of nitrogens with one attached hydrogen (secondary N) is 3. The molecule has 0 aliphatic heterocycles. The zero-order valence-electron chi connectivity index (χ0n) is 21.1. The van der Waals surface area contributed by atoms with Gasteiger partial charge in [-0.3, -0.25) is 0 Å². The Morgan fingerprint density at radius 2 is 1.85 bits per heavy atom. The smallest absolute Gasteiger partial charge is 0.337 e. The van der Waals surface area contributed by atoms with E-state index in [1.54, 1.807) is 43.3 Å². The van der Waals surface area contributed by atoms with Crippen LogP contribution >= 0.6 is 23.2 Å². The molecule has 2 aromatic heterocycles. The Balaban J connectivity index is 1.62. The summed E-state index contributed by atoms with van der Waals surface area (Å²) in [5.74, 6) is 1.53. The Bertz CT molecular complexity index is 1450. The van der Waals surface area contributed by atoms with Crippen molar-refractivity contribution < 1.29 is 19.1 Å². The predicted molar refractivity (Wildman–Crippen MR) is 153 cm³/mol. The summed E-state index contributed by atoms with van der Waals surface area (Å²) in [7, 11) is 0. The lowest BCUT2D eigenvalue weighted by molar-refractivity contribution is 0.0698. The number of hydrogen-bond acceptors (Lipinski definition) is 9. The van der Waals surface area contributed by atoms with Crippen LogP contribution in [0.3, 0.4) is 0 Å². The van der Waals surface area contributed by atoms with Crippen LogP contribution in [0, 0.1) is 6.92 Å². The molecular weight excluding hydrogens is 543 g/mol. The number of benzene rings is 2. The molecule has 10 nitrogen and oxygen atoms in total. The lowest BCUT2D eigenvalue weighted by Gasteiger charge is -2.18. The molecule has 0 radical (unpaired) electrons. The minimum Gasteiger partial charge on any atom is -0.478 e. The molecule has 6 N–H and O–H groups in total. The van der Waals surface area contributed by atoms with Gasteiger partial charge >= 0.3 is 5.97 Å². The van der Waals surface area contributed by atoms with Gasteiger partial charge < -0.3 is 35.9 Å². The molecule has 39 heavy (non-hydrogen) atoms. The van der Waals surface area contributed by atoms with Crippen molar-refractivity contribution in [1.29, 1.82) is 0 Å². The zero-order chi connectivity index (χ0) is 27.8. The Labute approximate surface area is 235 Å². The van der Waals surface area contributed by atoms with Crippen LogP contribution in [0.2, 0.25) is 10.0 Å². The van der Waals surface area contributed by atoms with E-state index in [9.17, 15) is 9.90 Å². The number of aromatic nitrogens is 2. The van der Waals surface area contributed by atoms with Crippen molar-refractivity contribution >= 4 is 52.2 Å². The third kappa shape index (κ3) is 7.39. The molecule has 2 aromatic carbocycles. The first kappa shape index (κ1) is 28.2. The molecule has 4 rings (SSSR count). The molecule has 0 aliphatic carbocycles. The number of rotatable bonds is 13. The van der Waals surface area contributed by atoms with Crippen molar-refractivity contribution in [1.82, 2.24) is 9.97 Å². The highest BCUT2D eigenvalue weighted by atomic mass is 35.5. The lowest BCUT2D eigenvalue weighted by Crippen LogP contribution is -2.17. The number of halogens is 2. The monoisotopic (exact) mass is 570 g/mol. The fourth-order valence-electron chi connectivity index (χ4n) is 3.77. The molecule has 2 heterocycles. The number of furan rings is 1. The van der Waals surface area contributed by atoms with E-state index >= 15 is 0 Å². The topological polar surface area (TPSA) is 148 Å². The molecule has 0 saturated heterocycles. The third-order valence-electron chi connectivity index (χ3n) is 5.53. The van der Waals surface area contributed by atoms with Gasteiger partial charge in [-0.05, 0) is 49.4 Å². The van der Waals surface area contributed by atoms with E-state index in [1.807, 2.05) is 12.1 Å². The van der Waals surface area contributed by atoms with Crippen LogP contribution in [-0.4, -0.2) is 47.3 Å². The molecule has 0 spiro atoms. The number of carboxylic acids is 1. The molecule has 0 bridgehead atoms. The molecule has 0 unspecified atom stereocenters. The van der Waals surface area contributed by atoms with Gasteiger partial charge in [0.05, 0.1) is 36.0 Å². The largest absolute Gasteiger partial charge is 0.478 e. The minimum atomic E-state index is -1.06. The Kier molecular flexibility index (Phi) is 9.61. The van der Waals surface area contributed by atoms with Crippen LogP contribution in [0.1, 0.15) is 21.9 Å². The van der Waals surface area contributed by atoms with Gasteiger partial charge in [-0.25, -0.2) is 14.8 Å². The second kappa shape index (κ2) is 13.3. The summed E-state index contributed by atoms with van der Waals surface area (Å²) < 4.78 is 11.5. The second-order valence-corrected chi connectivity index (χ2v) is 9.23. The predicted octanol–water partition coefficient (Wildman–Crippen LogP) is 5.79. The lowest BCUT2D eigenvalue weighted by atomic mass is 10.2. The maximum Gasteiger partial charge on any atom is 0.337 e. The minimum absolute atomic E-state index is 0.110. The van der Waals surface area contributed by atoms with Crippen molar-refractivity contribution in [3.8, 4) is 11.3 Å². The van der Waals surface area contributed by atoms with E-state index in [0.717, 1.165) is 0 Å². The van der Waals surface area contributed by atoms with Gasteiger partial charge in [0.15, 0.2) is 11.6 Å². The van der Waals surface area contributed by atoms with Gasteiger partial charge in [0.2, 0.25) is 0 Å². The van der Waals surface area contributed by atoms with Gasteiger partial charge in [-0.2, -0.15) is 0 Å². The van der Waals surface area contributed by atoms with Crippen LogP contribution in [0.15, 0.2) is 59.0 Å². The van der Waals surface area contributed by atoms with Crippen molar-refractivity contribution in [3.05, 3.63) is 81.8 Å². The van der Waals surface area contributed by atoms with Gasteiger partial charge in [0.1, 0.15) is 23.0 Å². The highest BCUT2D eigenvalue weighted by Crippen LogP contribution is 2.34. The highest BCUT2D eigenvalue weighted by Gasteiger charge is 2.18. The van der Waals surface area contributed by atoms with E-state index in [1.165, 1.54) is 6.07 Å². The zero-order valence-corrected chi connectivity index (χ0v) is 22.6. The van der Waals surface area contributed by atoms with E-state index in [0.29, 0.717) is 82.3 Å². The summed E-state index contributed by atoms with van der Waals surface area (Å²) in [4.78, 5) is 20.9. The number of ether oxygens (including phenoxy) is 1. The van der Waals surface area contributed by atoms with Crippen LogP contribution in [0.4, 0.5) is 23.0 Å². The number of para-hydroxylation sites is 1. The number of aromatic carboxylic acids is 1. The quantitative estimate of drug-likeness (QED) is 0.125. The number of hydrogen-bond donors (Lipinski definition) is 5. The van der Waals surface area contributed by atoms with Gasteiger partial charge in [-0.15, -0.1) is 0 Å². The molecular formula is C27H28Cl2N6O4. The summed E-state index contributed by atoms with van der Waals surface area (Å²) in [5, 5.41) is 20.4. The number of carboxylic acid groups (broad SMARTS) is 1. The van der Waals surface area contributed by atoms with Crippen LogP contribution in [-0.2, 0) is 11.3 Å². The summed E-state index contributed by atoms with van der Waals surface area (Å²) in [6.45, 7) is 3.80. The van der Waals surface area contributed by atoms with Crippen LogP contribution in [0.25, 0.3) is 11.3 Å². The van der Waals surface area contributed by atoms with Crippen LogP contribution in [0.5, 0.6) is 0 Å². The molecule has 0 atom stereocenters. The normalized spacial score (nSPS) is 10.9. The Hall–Kier alpha value is -3.83. The average Bonchev–Trinajstić information content (AvgIpc) is 3.38. The number of nitrogens with zero attached hydrogens (tertiary/aromatic N) is 2. The molecule has 4 aromatic rings. The summed E-state index contributed by atoms with van der Waals surface area (Å²) in [6, 6.07) is 15.4. The summed E-state index contributed by atoms with van der Waals surface area (Å²) >= 11 is 12.5. The van der Waals surface area contributed by atoms with Gasteiger partial charge in [-0.1, -0.05) is 35.3 Å². The molecule has 204 valence electrons. The fraction of sp³-hybridized carbons (Fsp3) is 0.222. The number of anilines is 4. The second-order valence-electron chi connectivity index (χ2n) is 8.39. The fourth-order valence-corrected chi connectivity index (χ4v) is 4.15. The molecule has 0 aliphatic rings. The van der Waals surface area contributed by atoms with E-state index in [2.05, 4.69) is 25.9 Å². The first-order chi connectivity index (χ1) is 18.9. The number of nitrogens with two attached hydrogens (primary N) is 1. The number of aryl methyl sites for hydroxylation is 1. The average molecular weight is 571 g/mol. The SMILES string of the molecule is Cc1nc(NCCOCCN)c(NCc2ccc(-c3cc(Cl)ccc3Cl)o2)c(Nc2ccccc2C(=O)O)n1. The molecule has 0 amide bonds. The van der Waals surface area contributed by atoms with Crippen molar-refractivity contribution in [3.63, 3.8) is 0 Å². The Morgan fingerprint density at radius 1 is 1.05 bits per heavy atom. The summed E-state index contributed by atoms with van der Waals surface area (Å²) in [5.41, 5.74) is 7.20. The maximum atomic E-state index is 11.8. The first-order valence-electron chi connectivity index (χ1n) is 12.1. The molecule has 12 heteroatoms. The van der Waals surface area contributed by atoms with Crippen molar-refractivity contribution in [2.45, 2.75) is 13.5 Å². The van der Waals surface area contributed by atoms with E-state index < -0.39 is 5.97 Å². The molecule has 0 fully saturated rings. The first-order valence-corrected chi connectivity index (χ1v) is 12.9. The maximum absolute atomic E-state index is 11.8. The highest BCUT2D eigenvalue weighted by molar-refractivity contribution is 6.35. The van der Waals surface area contributed by atoms with E-state index in [4.69, 9.17) is 38.1 Å². The van der Waals surface area contributed by atoms with Crippen LogP contribution < -0.4 is 21.7 Å². The molecule has 0 saturated carbocycles. The van der Waals surface area contributed by atoms with Gasteiger partial charge in [0, 0.05) is 23.7 Å². The van der Waals surface area contributed by atoms with E-state index in [-0.39, 0.29) is 12.1 Å². The van der Waals surface area contributed by atoms with Crippen molar-refractivity contribution in [2.24, 2.45) is 5.73 Å². The summed E-state index contributed by atoms with van der Waals surface area (Å²) in [6.07, 6.45) is 0. The van der Waals surface area contributed by atoms with Gasteiger partial charge in [0.25, 0.3) is 0 Å². The standard InChI is InChI=1S/C27H28Cl2N6O4/c1-16-33-25(31-11-13-38-12-10-30)24(26(34-16)35-22-5-3-2-4-19(22)27(36)37)32-15-18-7-9-23(39-18)20-14-17(28)6-8-21(20)29/h2-9,14,32H,10-13,15,30H2,1H3,(H,36,37)(H2,31,33,34,35). The number of carbonyl (C=O) groups is 1.